The summed E-state index contributed by atoms with van der Waals surface area (Å²) >= 11 is 0. The molecule has 434 valence electrons. The first-order valence-electron chi connectivity index (χ1n) is 31.2. The van der Waals surface area contributed by atoms with E-state index in [1.807, 2.05) is 48.5 Å². The number of hydrogen-bond donors (Lipinski definition) is 0. The Bertz CT molecular complexity index is 5300. The predicted molar refractivity (Wildman–Crippen MR) is 383 cm³/mol. The van der Waals surface area contributed by atoms with Crippen LogP contribution in [0.25, 0.3) is 161 Å². The molecule has 92 heavy (non-hydrogen) atoms. The smallest absolute Gasteiger partial charge is 0.187 e. The van der Waals surface area contributed by atoms with Gasteiger partial charge >= 0.3 is 0 Å². The van der Waals surface area contributed by atoms with Crippen LogP contribution in [0.5, 0.6) is 0 Å². The maximum Gasteiger partial charge on any atom is 0.187 e. The van der Waals surface area contributed by atoms with E-state index in [1.165, 1.54) is 33.4 Å². The van der Waals surface area contributed by atoms with Gasteiger partial charge in [0, 0.05) is 49.5 Å². The summed E-state index contributed by atoms with van der Waals surface area (Å²) in [7, 11) is 0. The molecule has 0 aliphatic carbocycles. The van der Waals surface area contributed by atoms with Crippen LogP contribution in [0.4, 0.5) is 5.69 Å². The molecular weight excluding hydrogens is 1120 g/mol. The number of aromatic nitrogens is 5. The zero-order chi connectivity index (χ0) is 62.0. The molecule has 13 aromatic carbocycles. The third kappa shape index (κ3) is 10.1. The highest BCUT2D eigenvalue weighted by Gasteiger charge is 2.25. The van der Waals surface area contributed by atoms with Crippen LogP contribution in [-0.4, -0.2) is 24.1 Å². The molecule has 0 N–H and O–H groups in total. The van der Waals surface area contributed by atoms with Gasteiger partial charge in [-0.3, -0.25) is 0 Å². The van der Waals surface area contributed by atoms with Crippen LogP contribution in [0, 0.1) is 34.3 Å². The average Bonchev–Trinajstić information content (AvgIpc) is 1.57. The lowest BCUT2D eigenvalue weighted by Crippen LogP contribution is -2.04. The summed E-state index contributed by atoms with van der Waals surface area (Å²) in [5.74, 6) is 1.69. The lowest BCUT2D eigenvalue weighted by Gasteiger charge is -2.20. The van der Waals surface area contributed by atoms with Gasteiger partial charge in [-0.05, 0) is 168 Å². The fourth-order valence-electron chi connectivity index (χ4n) is 13.2. The standard InChI is InChI=1S/C86H60N6/c1-54-16-24-58(25-17-54)66-34-43-79-75(49-66)76-50-67(59-26-18-55(2)19-27-59)35-44-80(76)91(79)71-41-42-72(86-89-84(63-12-8-6-9-13-63)88-85(90-86)64-14-10-7-11-15-64)73(53-71)74-48-65(62-32-39-70(87-5)40-33-62)36-45-81(74)92-82-46-37-68(60-28-20-56(3)21-29-60)51-77(82)78-52-69(38-47-83(78)92)61-30-22-57(4)23-31-61/h6-53H,1-4H3. The molecule has 0 radical (unpaired) electrons. The van der Waals surface area contributed by atoms with E-state index in [0.717, 1.165) is 127 Å². The van der Waals surface area contributed by atoms with E-state index in [4.69, 9.17) is 21.5 Å². The van der Waals surface area contributed by atoms with Gasteiger partial charge in [0.2, 0.25) is 0 Å². The predicted octanol–water partition coefficient (Wildman–Crippen LogP) is 22.9. The molecule has 0 atom stereocenters. The van der Waals surface area contributed by atoms with Crippen LogP contribution >= 0.6 is 0 Å². The molecule has 0 bridgehead atoms. The van der Waals surface area contributed by atoms with E-state index in [2.05, 4.69) is 284 Å². The minimum atomic E-state index is 0.539. The zero-order valence-electron chi connectivity index (χ0n) is 51.4. The van der Waals surface area contributed by atoms with E-state index in [0.29, 0.717) is 23.2 Å². The van der Waals surface area contributed by atoms with Crippen molar-refractivity contribution in [1.82, 2.24) is 24.1 Å². The first-order chi connectivity index (χ1) is 45.1. The van der Waals surface area contributed by atoms with Crippen molar-refractivity contribution in [1.29, 1.82) is 0 Å². The van der Waals surface area contributed by atoms with E-state index < -0.39 is 0 Å². The molecular formula is C86H60N6. The SMILES string of the molecule is [C-]#[N+]c1ccc(-c2ccc(-n3c4ccc(-c5ccc(C)cc5)cc4c4cc(-c5ccc(C)cc5)ccc43)c(-c3cc(-n4c5ccc(-c6ccc(C)cc6)cc5c5cc(-c6ccc(C)cc6)ccc54)ccc3-c3nc(-c4ccccc4)nc(-c4ccccc4)n3)c2)cc1. The molecule has 0 saturated heterocycles. The molecule has 0 spiro atoms. The number of benzene rings is 13. The second kappa shape index (κ2) is 22.8. The fraction of sp³-hybridized carbons (Fsp3) is 0.0465. The average molecular weight is 1180 g/mol. The summed E-state index contributed by atoms with van der Waals surface area (Å²) < 4.78 is 4.89. The normalized spacial score (nSPS) is 11.5. The summed E-state index contributed by atoms with van der Waals surface area (Å²) in [5, 5.41) is 4.59. The highest BCUT2D eigenvalue weighted by atomic mass is 15.0. The van der Waals surface area contributed by atoms with Crippen molar-refractivity contribution in [3.05, 3.63) is 325 Å². The number of aryl methyl sites for hydroxylation is 4. The minimum absolute atomic E-state index is 0.539. The summed E-state index contributed by atoms with van der Waals surface area (Å²) in [6.07, 6.45) is 0. The Morgan fingerprint density at radius 1 is 0.261 bits per heavy atom. The molecule has 16 aromatic rings. The molecule has 6 heteroatoms. The lowest BCUT2D eigenvalue weighted by atomic mass is 9.93. The van der Waals surface area contributed by atoms with Gasteiger partial charge in [0.05, 0.1) is 34.3 Å². The highest BCUT2D eigenvalue weighted by Crippen LogP contribution is 2.46. The van der Waals surface area contributed by atoms with E-state index in [-0.39, 0.29) is 0 Å². The number of nitrogens with zero attached hydrogens (tertiary/aromatic N) is 6. The van der Waals surface area contributed by atoms with E-state index in [1.54, 1.807) is 0 Å². The Balaban J connectivity index is 1.01. The molecule has 6 nitrogen and oxygen atoms in total. The van der Waals surface area contributed by atoms with E-state index in [9.17, 15) is 0 Å². The van der Waals surface area contributed by atoms with Gasteiger partial charge < -0.3 is 9.13 Å². The van der Waals surface area contributed by atoms with Gasteiger partial charge in [-0.1, -0.05) is 235 Å². The van der Waals surface area contributed by atoms with Crippen molar-refractivity contribution in [3.63, 3.8) is 0 Å². The van der Waals surface area contributed by atoms with Gasteiger partial charge in [0.15, 0.2) is 23.2 Å². The quantitative estimate of drug-likeness (QED) is 0.121. The van der Waals surface area contributed by atoms with Crippen molar-refractivity contribution < 1.29 is 0 Å². The van der Waals surface area contributed by atoms with Crippen molar-refractivity contribution in [2.75, 3.05) is 0 Å². The van der Waals surface area contributed by atoms with Gasteiger partial charge in [0.1, 0.15) is 0 Å². The number of fused-ring (bicyclic) bond motifs is 6. The third-order valence-electron chi connectivity index (χ3n) is 18.1. The van der Waals surface area contributed by atoms with Gasteiger partial charge in [-0.15, -0.1) is 0 Å². The largest absolute Gasteiger partial charge is 0.309 e. The topological polar surface area (TPSA) is 52.9 Å². The number of hydrogen-bond acceptors (Lipinski definition) is 3. The van der Waals surface area contributed by atoms with Crippen LogP contribution in [0.1, 0.15) is 22.3 Å². The molecule has 0 saturated carbocycles. The van der Waals surface area contributed by atoms with Gasteiger partial charge in [0.25, 0.3) is 0 Å². The molecule has 0 aliphatic heterocycles. The summed E-state index contributed by atoms with van der Waals surface area (Å²) in [6.45, 7) is 16.4. The van der Waals surface area contributed by atoms with Gasteiger partial charge in [-0.2, -0.15) is 0 Å². The molecule has 0 unspecified atom stereocenters. The third-order valence-corrected chi connectivity index (χ3v) is 18.1. The molecule has 3 aromatic heterocycles. The van der Waals surface area contributed by atoms with Gasteiger partial charge in [-0.25, -0.2) is 19.8 Å². The maximum atomic E-state index is 7.89. The lowest BCUT2D eigenvalue weighted by molar-refractivity contribution is 1.07. The van der Waals surface area contributed by atoms with Crippen LogP contribution in [0.2, 0.25) is 0 Å². The van der Waals surface area contributed by atoms with Crippen molar-refractivity contribution >= 4 is 49.3 Å². The second-order valence-corrected chi connectivity index (χ2v) is 24.2. The molecule has 16 rings (SSSR count). The molecule has 0 fully saturated rings. The van der Waals surface area contributed by atoms with Crippen molar-refractivity contribution in [3.8, 4) is 112 Å². The Hall–Kier alpha value is -12.0. The molecule has 0 amide bonds. The van der Waals surface area contributed by atoms with E-state index >= 15 is 0 Å². The Labute approximate surface area is 535 Å². The van der Waals surface area contributed by atoms with Crippen LogP contribution < -0.4 is 0 Å². The fourth-order valence-corrected chi connectivity index (χ4v) is 13.2. The summed E-state index contributed by atoms with van der Waals surface area (Å²) in [5.41, 5.74) is 27.5. The van der Waals surface area contributed by atoms with Crippen molar-refractivity contribution in [2.24, 2.45) is 0 Å². The minimum Gasteiger partial charge on any atom is -0.309 e. The van der Waals surface area contributed by atoms with Crippen LogP contribution in [0.15, 0.2) is 291 Å². The monoisotopic (exact) mass is 1180 g/mol. The van der Waals surface area contributed by atoms with Crippen LogP contribution in [0.3, 0.4) is 0 Å². The zero-order valence-corrected chi connectivity index (χ0v) is 51.4. The highest BCUT2D eigenvalue weighted by molar-refractivity contribution is 6.14. The number of rotatable bonds is 11. The molecule has 0 aliphatic rings. The first-order valence-corrected chi connectivity index (χ1v) is 31.2. The summed E-state index contributed by atoms with van der Waals surface area (Å²) in [6, 6.07) is 105. The first kappa shape index (κ1) is 55.3. The maximum absolute atomic E-state index is 7.89. The second-order valence-electron chi connectivity index (χ2n) is 24.2. The Morgan fingerprint density at radius 3 is 0.989 bits per heavy atom. The van der Waals surface area contributed by atoms with Crippen molar-refractivity contribution in [2.45, 2.75) is 27.7 Å². The molecule has 3 heterocycles. The Kier molecular flexibility index (Phi) is 13.7. The Morgan fingerprint density at radius 2 is 0.598 bits per heavy atom. The summed E-state index contributed by atoms with van der Waals surface area (Å²) in [4.78, 5) is 20.0. The van der Waals surface area contributed by atoms with Crippen LogP contribution in [-0.2, 0) is 0 Å².